The normalized spacial score (nSPS) is 15.0. The molecule has 3 N–H and O–H groups in total. The second-order valence-electron chi connectivity index (χ2n) is 3.99. The molecule has 16 heavy (non-hydrogen) atoms. The van der Waals surface area contributed by atoms with Crippen molar-refractivity contribution >= 4 is 0 Å². The second-order valence-corrected chi connectivity index (χ2v) is 3.99. The van der Waals surface area contributed by atoms with Crippen molar-refractivity contribution in [3.63, 3.8) is 0 Å². The topological polar surface area (TPSA) is 78.0 Å². The Balaban J connectivity index is 2.40. The quantitative estimate of drug-likeness (QED) is 0.506. The number of aryl methyl sites for hydroxylation is 1. The molecule has 2 atom stereocenters. The molecule has 0 aliphatic rings. The van der Waals surface area contributed by atoms with Gasteiger partial charge in [-0.3, -0.25) is 16.0 Å². The van der Waals surface area contributed by atoms with E-state index in [1.807, 2.05) is 7.05 Å². The highest BCUT2D eigenvalue weighted by Gasteiger charge is 2.12. The van der Waals surface area contributed by atoms with Crippen LogP contribution in [0.3, 0.4) is 0 Å². The third-order valence-electron chi connectivity index (χ3n) is 2.79. The first-order valence-corrected chi connectivity index (χ1v) is 5.49. The summed E-state index contributed by atoms with van der Waals surface area (Å²) in [6.07, 6.45) is 4.53. The number of rotatable bonds is 7. The molecule has 0 aliphatic heterocycles. The zero-order valence-corrected chi connectivity index (χ0v) is 10.2. The number of hydrazine groups is 1. The predicted molar refractivity (Wildman–Crippen MR) is 61.5 cm³/mol. The number of nitrogens with zero attached hydrogens (tertiary/aromatic N) is 3. The van der Waals surface area contributed by atoms with E-state index in [4.69, 9.17) is 10.6 Å². The number of aromatic nitrogens is 3. The number of ether oxygens (including phenoxy) is 1. The molecule has 6 nitrogen and oxygen atoms in total. The number of methoxy groups -OCH3 is 1. The average molecular weight is 227 g/mol. The van der Waals surface area contributed by atoms with Gasteiger partial charge < -0.3 is 4.74 Å². The van der Waals surface area contributed by atoms with Gasteiger partial charge in [0.15, 0.2) is 0 Å². The number of hydrogen-bond acceptors (Lipinski definition) is 5. The molecule has 0 saturated heterocycles. The van der Waals surface area contributed by atoms with Crippen LogP contribution >= 0.6 is 0 Å². The highest BCUT2D eigenvalue weighted by molar-refractivity contribution is 4.88. The molecule has 0 aromatic carbocycles. The fraction of sp³-hybridized carbons (Fsp3) is 0.800. The second kappa shape index (κ2) is 6.57. The molecule has 1 aromatic heterocycles. The van der Waals surface area contributed by atoms with Crippen LogP contribution in [0.25, 0.3) is 0 Å². The van der Waals surface area contributed by atoms with Crippen molar-refractivity contribution in [2.45, 2.75) is 38.3 Å². The molecule has 92 valence electrons. The Morgan fingerprint density at radius 1 is 1.56 bits per heavy atom. The van der Waals surface area contributed by atoms with E-state index in [9.17, 15) is 0 Å². The van der Waals surface area contributed by atoms with Crippen molar-refractivity contribution in [2.24, 2.45) is 12.9 Å². The van der Waals surface area contributed by atoms with Gasteiger partial charge in [0, 0.05) is 26.6 Å². The summed E-state index contributed by atoms with van der Waals surface area (Å²) in [7, 11) is 3.60. The summed E-state index contributed by atoms with van der Waals surface area (Å²) in [5.74, 6) is 6.46. The maximum atomic E-state index is 5.52. The largest absolute Gasteiger partial charge is 0.382 e. The number of hydrogen-bond donors (Lipinski definition) is 2. The van der Waals surface area contributed by atoms with Gasteiger partial charge in [-0.05, 0) is 19.8 Å². The van der Waals surface area contributed by atoms with Gasteiger partial charge in [0.05, 0.1) is 6.10 Å². The van der Waals surface area contributed by atoms with Gasteiger partial charge in [0.25, 0.3) is 0 Å². The zero-order valence-electron chi connectivity index (χ0n) is 10.2. The van der Waals surface area contributed by atoms with E-state index in [2.05, 4.69) is 22.4 Å². The van der Waals surface area contributed by atoms with Crippen LogP contribution in [-0.4, -0.2) is 34.0 Å². The van der Waals surface area contributed by atoms with Gasteiger partial charge in [-0.1, -0.05) is 0 Å². The third-order valence-corrected chi connectivity index (χ3v) is 2.79. The summed E-state index contributed by atoms with van der Waals surface area (Å²) in [6.45, 7) is 2.05. The van der Waals surface area contributed by atoms with Crippen LogP contribution in [0.2, 0.25) is 0 Å². The van der Waals surface area contributed by atoms with Crippen molar-refractivity contribution in [1.82, 2.24) is 20.2 Å². The summed E-state index contributed by atoms with van der Waals surface area (Å²) in [4.78, 5) is 4.18. The monoisotopic (exact) mass is 227 g/mol. The Kier molecular flexibility index (Phi) is 5.37. The van der Waals surface area contributed by atoms with Crippen LogP contribution in [0.1, 0.15) is 25.6 Å². The fourth-order valence-corrected chi connectivity index (χ4v) is 1.52. The Morgan fingerprint density at radius 2 is 2.31 bits per heavy atom. The van der Waals surface area contributed by atoms with E-state index in [0.29, 0.717) is 0 Å². The maximum absolute atomic E-state index is 5.52. The summed E-state index contributed by atoms with van der Waals surface area (Å²) in [5.41, 5.74) is 2.81. The van der Waals surface area contributed by atoms with Gasteiger partial charge in [0.2, 0.25) is 0 Å². The van der Waals surface area contributed by atoms with Crippen LogP contribution in [0.15, 0.2) is 6.33 Å². The molecule has 2 unspecified atom stereocenters. The minimum Gasteiger partial charge on any atom is -0.382 e. The molecule has 0 spiro atoms. The van der Waals surface area contributed by atoms with Crippen molar-refractivity contribution in [2.75, 3.05) is 7.11 Å². The van der Waals surface area contributed by atoms with Crippen molar-refractivity contribution in [1.29, 1.82) is 0 Å². The predicted octanol–water partition coefficient (Wildman–Crippen LogP) is 0.00460. The fourth-order valence-electron chi connectivity index (χ4n) is 1.52. The molecule has 1 heterocycles. The molecule has 0 fully saturated rings. The van der Waals surface area contributed by atoms with E-state index in [1.165, 1.54) is 0 Å². The van der Waals surface area contributed by atoms with Crippen molar-refractivity contribution in [3.8, 4) is 0 Å². The van der Waals surface area contributed by atoms with Crippen LogP contribution in [-0.2, 0) is 18.2 Å². The van der Waals surface area contributed by atoms with E-state index < -0.39 is 0 Å². The highest BCUT2D eigenvalue weighted by atomic mass is 16.5. The van der Waals surface area contributed by atoms with E-state index >= 15 is 0 Å². The molecular formula is C10H21N5O. The van der Waals surface area contributed by atoms with Crippen molar-refractivity contribution in [3.05, 3.63) is 12.2 Å². The van der Waals surface area contributed by atoms with Crippen LogP contribution < -0.4 is 11.3 Å². The van der Waals surface area contributed by atoms with Crippen molar-refractivity contribution < 1.29 is 4.74 Å². The van der Waals surface area contributed by atoms with Gasteiger partial charge >= 0.3 is 0 Å². The molecular weight excluding hydrogens is 206 g/mol. The molecule has 1 rings (SSSR count). The number of nitrogens with two attached hydrogens (primary N) is 1. The third kappa shape index (κ3) is 3.88. The number of nitrogens with one attached hydrogen (secondary N) is 1. The highest BCUT2D eigenvalue weighted by Crippen LogP contribution is 2.07. The van der Waals surface area contributed by atoms with Gasteiger partial charge in [-0.15, -0.1) is 0 Å². The minimum atomic E-state index is 0.209. The Morgan fingerprint density at radius 3 is 2.81 bits per heavy atom. The molecule has 0 radical (unpaired) electrons. The Hall–Kier alpha value is -0.980. The minimum absolute atomic E-state index is 0.209. The van der Waals surface area contributed by atoms with Crippen LogP contribution in [0, 0.1) is 0 Å². The lowest BCUT2D eigenvalue weighted by Crippen LogP contribution is -2.38. The lowest BCUT2D eigenvalue weighted by Gasteiger charge is -2.17. The summed E-state index contributed by atoms with van der Waals surface area (Å²) in [6, 6.07) is 0.209. The lowest BCUT2D eigenvalue weighted by atomic mass is 10.1. The first-order chi connectivity index (χ1) is 7.67. The van der Waals surface area contributed by atoms with E-state index in [0.717, 1.165) is 25.1 Å². The SMILES string of the molecule is COC(C)CCC(Cc1ncnn1C)NN. The van der Waals surface area contributed by atoms with Gasteiger partial charge in [-0.2, -0.15) is 5.10 Å². The molecule has 6 heteroatoms. The van der Waals surface area contributed by atoms with Gasteiger partial charge in [0.1, 0.15) is 12.2 Å². The molecule has 0 saturated carbocycles. The van der Waals surface area contributed by atoms with E-state index in [-0.39, 0.29) is 12.1 Å². The van der Waals surface area contributed by atoms with Crippen LogP contribution in [0.5, 0.6) is 0 Å². The summed E-state index contributed by atoms with van der Waals surface area (Å²) < 4.78 is 6.97. The lowest BCUT2D eigenvalue weighted by molar-refractivity contribution is 0.106. The summed E-state index contributed by atoms with van der Waals surface area (Å²) in [5, 5.41) is 4.03. The van der Waals surface area contributed by atoms with Crippen LogP contribution in [0.4, 0.5) is 0 Å². The van der Waals surface area contributed by atoms with E-state index in [1.54, 1.807) is 18.1 Å². The summed E-state index contributed by atoms with van der Waals surface area (Å²) >= 11 is 0. The Labute approximate surface area is 96.2 Å². The zero-order chi connectivity index (χ0) is 12.0. The molecule has 1 aromatic rings. The maximum Gasteiger partial charge on any atom is 0.138 e. The molecule has 0 bridgehead atoms. The Bertz CT molecular complexity index is 301. The first-order valence-electron chi connectivity index (χ1n) is 5.49. The average Bonchev–Trinajstić information content (AvgIpc) is 2.69. The standard InChI is InChI=1S/C10H21N5O/c1-8(16-3)4-5-9(14-11)6-10-12-7-13-15(10)2/h7-9,14H,4-6,11H2,1-3H3. The molecule has 0 amide bonds. The smallest absolute Gasteiger partial charge is 0.138 e. The first kappa shape index (κ1) is 13.1. The molecule has 0 aliphatic carbocycles. The van der Waals surface area contributed by atoms with Gasteiger partial charge in [-0.25, -0.2) is 4.98 Å².